The number of nitrogens with one attached hydrogen (secondary N) is 1. The molecule has 0 atom stereocenters. The van der Waals surface area contributed by atoms with Gasteiger partial charge in [0.15, 0.2) is 0 Å². The molecule has 1 aliphatic rings. The second kappa shape index (κ2) is 8.69. The topological polar surface area (TPSA) is 69.7 Å². The number of rotatable bonds is 4. The summed E-state index contributed by atoms with van der Waals surface area (Å²) in [6.45, 7) is 3.59. The Kier molecular flexibility index (Phi) is 6.09. The van der Waals surface area contributed by atoms with Gasteiger partial charge in [-0.1, -0.05) is 42.5 Å². The van der Waals surface area contributed by atoms with Gasteiger partial charge in [-0.05, 0) is 37.0 Å². The van der Waals surface area contributed by atoms with Crippen molar-refractivity contribution in [1.29, 1.82) is 0 Å². The molecule has 0 spiro atoms. The fraction of sp³-hybridized carbons (Fsp3) is 0.318. The quantitative estimate of drug-likeness (QED) is 0.831. The molecule has 6 nitrogen and oxygen atoms in total. The third-order valence-corrected chi connectivity index (χ3v) is 4.94. The van der Waals surface area contributed by atoms with Crippen molar-refractivity contribution in [1.82, 2.24) is 9.80 Å². The number of nitrogens with zero attached hydrogens (tertiary/aromatic N) is 2. The lowest BCUT2D eigenvalue weighted by Gasteiger charge is -2.20. The average molecular weight is 379 g/mol. The summed E-state index contributed by atoms with van der Waals surface area (Å²) in [7, 11) is 1.59. The highest BCUT2D eigenvalue weighted by molar-refractivity contribution is 6.39. The largest absolute Gasteiger partial charge is 0.339 e. The van der Waals surface area contributed by atoms with Crippen LogP contribution < -0.4 is 5.32 Å². The van der Waals surface area contributed by atoms with E-state index in [1.165, 1.54) is 4.90 Å². The summed E-state index contributed by atoms with van der Waals surface area (Å²) in [6, 6.07) is 14.8. The van der Waals surface area contributed by atoms with E-state index in [1.807, 2.05) is 43.3 Å². The van der Waals surface area contributed by atoms with Crippen LogP contribution in [0, 0.1) is 6.92 Å². The third-order valence-electron chi connectivity index (χ3n) is 4.94. The summed E-state index contributed by atoms with van der Waals surface area (Å²) in [5.41, 5.74) is 2.52. The Morgan fingerprint density at radius 3 is 2.36 bits per heavy atom. The smallest absolute Gasteiger partial charge is 0.313 e. The molecule has 0 aromatic heterocycles. The first-order valence-corrected chi connectivity index (χ1v) is 9.46. The molecule has 3 amide bonds. The molecule has 146 valence electrons. The molecule has 1 N–H and O–H groups in total. The van der Waals surface area contributed by atoms with E-state index in [-0.39, 0.29) is 5.91 Å². The highest BCUT2D eigenvalue weighted by atomic mass is 16.2. The summed E-state index contributed by atoms with van der Waals surface area (Å²) in [5.74, 6) is -1.50. The molecule has 3 rings (SSSR count). The zero-order valence-corrected chi connectivity index (χ0v) is 16.3. The molecule has 1 aliphatic heterocycles. The molecular weight excluding hydrogens is 354 g/mol. The van der Waals surface area contributed by atoms with Crippen LogP contribution in [-0.2, 0) is 16.1 Å². The van der Waals surface area contributed by atoms with Crippen molar-refractivity contribution in [2.75, 3.05) is 25.5 Å². The predicted octanol–water partition coefficient (Wildman–Crippen LogP) is 2.83. The van der Waals surface area contributed by atoms with Gasteiger partial charge in [-0.3, -0.25) is 14.4 Å². The lowest BCUT2D eigenvalue weighted by molar-refractivity contribution is -0.142. The van der Waals surface area contributed by atoms with Crippen LogP contribution in [0.2, 0.25) is 0 Å². The highest BCUT2D eigenvalue weighted by Gasteiger charge is 2.25. The van der Waals surface area contributed by atoms with Crippen molar-refractivity contribution in [3.63, 3.8) is 0 Å². The van der Waals surface area contributed by atoms with Crippen LogP contribution in [0.1, 0.15) is 34.3 Å². The van der Waals surface area contributed by atoms with Crippen LogP contribution >= 0.6 is 0 Å². The van der Waals surface area contributed by atoms with Gasteiger partial charge in [-0.15, -0.1) is 0 Å². The molecule has 0 radical (unpaired) electrons. The monoisotopic (exact) mass is 379 g/mol. The third kappa shape index (κ3) is 4.39. The van der Waals surface area contributed by atoms with E-state index in [1.54, 1.807) is 24.1 Å². The Morgan fingerprint density at radius 2 is 1.68 bits per heavy atom. The van der Waals surface area contributed by atoms with Crippen LogP contribution in [0.5, 0.6) is 0 Å². The fourth-order valence-corrected chi connectivity index (χ4v) is 3.37. The van der Waals surface area contributed by atoms with Crippen molar-refractivity contribution >= 4 is 23.4 Å². The standard InChI is InChI=1S/C22H25N3O3/c1-16-9-8-12-18(21(27)25-13-6-7-14-25)19(16)23-20(26)22(28)24(2)15-17-10-4-3-5-11-17/h3-5,8-12H,6-7,13-15H2,1-2H3,(H,23,26). The number of anilines is 1. The van der Waals surface area contributed by atoms with E-state index in [9.17, 15) is 14.4 Å². The van der Waals surface area contributed by atoms with Gasteiger partial charge in [0.05, 0.1) is 11.3 Å². The highest BCUT2D eigenvalue weighted by Crippen LogP contribution is 2.24. The minimum atomic E-state index is -0.747. The van der Waals surface area contributed by atoms with E-state index in [4.69, 9.17) is 0 Å². The number of carbonyl (C=O) groups excluding carboxylic acids is 3. The molecule has 0 saturated carbocycles. The van der Waals surface area contributed by atoms with Crippen LogP contribution in [0.4, 0.5) is 5.69 Å². The molecule has 1 saturated heterocycles. The Morgan fingerprint density at radius 1 is 1.00 bits per heavy atom. The van der Waals surface area contributed by atoms with Gasteiger partial charge >= 0.3 is 11.8 Å². The molecule has 2 aromatic carbocycles. The van der Waals surface area contributed by atoms with Crippen LogP contribution in [-0.4, -0.2) is 47.7 Å². The van der Waals surface area contributed by atoms with Gasteiger partial charge < -0.3 is 15.1 Å². The molecule has 2 aromatic rings. The molecular formula is C22H25N3O3. The number of para-hydroxylation sites is 1. The number of aryl methyl sites for hydroxylation is 1. The SMILES string of the molecule is Cc1cccc(C(=O)N2CCCC2)c1NC(=O)C(=O)N(C)Cc1ccccc1. The predicted molar refractivity (Wildman–Crippen MR) is 108 cm³/mol. The number of carbonyl (C=O) groups is 3. The Labute approximate surface area is 165 Å². The molecule has 6 heteroatoms. The van der Waals surface area contributed by atoms with E-state index in [0.29, 0.717) is 17.8 Å². The minimum Gasteiger partial charge on any atom is -0.339 e. The average Bonchev–Trinajstić information content (AvgIpc) is 3.24. The minimum absolute atomic E-state index is 0.110. The molecule has 28 heavy (non-hydrogen) atoms. The summed E-state index contributed by atoms with van der Waals surface area (Å²) in [6.07, 6.45) is 1.98. The summed E-state index contributed by atoms with van der Waals surface area (Å²) in [4.78, 5) is 41.1. The first-order valence-electron chi connectivity index (χ1n) is 9.46. The van der Waals surface area contributed by atoms with Gasteiger partial charge in [0, 0.05) is 26.7 Å². The van der Waals surface area contributed by atoms with Gasteiger partial charge in [-0.25, -0.2) is 0 Å². The first-order chi connectivity index (χ1) is 13.5. The second-order valence-electron chi connectivity index (χ2n) is 7.10. The van der Waals surface area contributed by atoms with Crippen LogP contribution in [0.25, 0.3) is 0 Å². The normalized spacial score (nSPS) is 13.3. The maximum Gasteiger partial charge on any atom is 0.313 e. The van der Waals surface area contributed by atoms with Gasteiger partial charge in [0.1, 0.15) is 0 Å². The van der Waals surface area contributed by atoms with E-state index >= 15 is 0 Å². The van der Waals surface area contributed by atoms with Crippen molar-refractivity contribution < 1.29 is 14.4 Å². The van der Waals surface area contributed by atoms with Crippen molar-refractivity contribution in [2.24, 2.45) is 0 Å². The maximum atomic E-state index is 12.8. The fourth-order valence-electron chi connectivity index (χ4n) is 3.37. The number of hydrogen-bond acceptors (Lipinski definition) is 3. The molecule has 0 unspecified atom stereocenters. The Balaban J connectivity index is 1.74. The van der Waals surface area contributed by atoms with E-state index in [2.05, 4.69) is 5.32 Å². The van der Waals surface area contributed by atoms with Crippen molar-refractivity contribution in [3.05, 3.63) is 65.2 Å². The van der Waals surface area contributed by atoms with Gasteiger partial charge in [-0.2, -0.15) is 0 Å². The van der Waals surface area contributed by atoms with E-state index < -0.39 is 11.8 Å². The lowest BCUT2D eigenvalue weighted by atomic mass is 10.1. The Bertz CT molecular complexity index is 874. The van der Waals surface area contributed by atoms with Gasteiger partial charge in [0.2, 0.25) is 0 Å². The molecule has 0 bridgehead atoms. The zero-order valence-electron chi connectivity index (χ0n) is 16.3. The maximum absolute atomic E-state index is 12.8. The summed E-state index contributed by atoms with van der Waals surface area (Å²) >= 11 is 0. The van der Waals surface area contributed by atoms with Crippen LogP contribution in [0.3, 0.4) is 0 Å². The number of amides is 3. The number of benzene rings is 2. The number of hydrogen-bond donors (Lipinski definition) is 1. The van der Waals surface area contributed by atoms with E-state index in [0.717, 1.165) is 37.1 Å². The van der Waals surface area contributed by atoms with Crippen molar-refractivity contribution in [2.45, 2.75) is 26.3 Å². The van der Waals surface area contributed by atoms with Gasteiger partial charge in [0.25, 0.3) is 5.91 Å². The number of likely N-dealkylation sites (tertiary alicyclic amines) is 1. The zero-order chi connectivity index (χ0) is 20.1. The molecule has 1 heterocycles. The Hall–Kier alpha value is -3.15. The molecule has 1 fully saturated rings. The lowest BCUT2D eigenvalue weighted by Crippen LogP contribution is -2.37. The van der Waals surface area contributed by atoms with Crippen LogP contribution in [0.15, 0.2) is 48.5 Å². The number of likely N-dealkylation sites (N-methyl/N-ethyl adjacent to an activating group) is 1. The summed E-state index contributed by atoms with van der Waals surface area (Å²) < 4.78 is 0. The second-order valence-corrected chi connectivity index (χ2v) is 7.10. The summed E-state index contributed by atoms with van der Waals surface area (Å²) in [5, 5.41) is 2.67. The van der Waals surface area contributed by atoms with Crippen molar-refractivity contribution in [3.8, 4) is 0 Å². The first kappa shape index (κ1) is 19.6. The molecule has 0 aliphatic carbocycles.